The van der Waals surface area contributed by atoms with E-state index < -0.39 is 29.7 Å². The number of anilines is 2. The number of imidazole rings is 1. The van der Waals surface area contributed by atoms with Crippen molar-refractivity contribution in [1.82, 2.24) is 35.2 Å². The van der Waals surface area contributed by atoms with Gasteiger partial charge in [-0.2, -0.15) is 18.3 Å². The minimum Gasteiger partial charge on any atom is -0.370 e. The number of aromatic amines is 1. The van der Waals surface area contributed by atoms with Gasteiger partial charge in [-0.1, -0.05) is 11.6 Å². The number of guanidine groups is 1. The number of benzene rings is 1. The van der Waals surface area contributed by atoms with Gasteiger partial charge in [0.05, 0.1) is 40.8 Å². The fourth-order valence-corrected chi connectivity index (χ4v) is 3.96. The number of nitrogens with two attached hydrogens (primary N) is 3. The average Bonchev–Trinajstić information content (AvgIpc) is 3.57. The molecule has 0 aliphatic carbocycles. The summed E-state index contributed by atoms with van der Waals surface area (Å²) in [5.41, 5.74) is 15.9. The van der Waals surface area contributed by atoms with Crippen LogP contribution in [0.3, 0.4) is 0 Å². The van der Waals surface area contributed by atoms with E-state index >= 15 is 0 Å². The van der Waals surface area contributed by atoms with E-state index in [1.165, 1.54) is 35.1 Å². The zero-order valence-corrected chi connectivity index (χ0v) is 21.8. The molecule has 10 N–H and O–H groups in total. The van der Waals surface area contributed by atoms with Crippen molar-refractivity contribution in [1.29, 1.82) is 0 Å². The van der Waals surface area contributed by atoms with Crippen molar-refractivity contribution in [2.75, 3.05) is 25.0 Å². The van der Waals surface area contributed by atoms with E-state index in [4.69, 9.17) is 28.8 Å². The summed E-state index contributed by atoms with van der Waals surface area (Å²) in [6.07, 6.45) is 0.580. The first-order valence-corrected chi connectivity index (χ1v) is 12.2. The first-order chi connectivity index (χ1) is 19.5. The number of rotatable bonds is 10. The predicted molar refractivity (Wildman–Crippen MR) is 144 cm³/mol. The van der Waals surface area contributed by atoms with E-state index in [0.29, 0.717) is 5.69 Å². The van der Waals surface area contributed by atoms with Gasteiger partial charge in [-0.05, 0) is 18.2 Å². The lowest BCUT2D eigenvalue weighted by molar-refractivity contribution is -0.140. The maximum atomic E-state index is 13.4. The maximum absolute atomic E-state index is 13.4. The van der Waals surface area contributed by atoms with E-state index in [2.05, 4.69) is 36.0 Å². The summed E-state index contributed by atoms with van der Waals surface area (Å²) in [6, 6.07) is 3.58. The highest BCUT2D eigenvalue weighted by Gasteiger charge is 2.36. The smallest absolute Gasteiger partial charge is 0.370 e. The Hall–Kier alpha value is -4.90. The molecule has 0 aliphatic rings. The third-order valence-electron chi connectivity index (χ3n) is 5.62. The van der Waals surface area contributed by atoms with E-state index in [-0.39, 0.29) is 58.9 Å². The van der Waals surface area contributed by atoms with Crippen LogP contribution in [0.5, 0.6) is 0 Å². The molecule has 1 atom stereocenters. The van der Waals surface area contributed by atoms with Gasteiger partial charge < -0.3 is 33.2 Å². The minimum absolute atomic E-state index is 0.0777. The summed E-state index contributed by atoms with van der Waals surface area (Å²) >= 11 is 6.33. The van der Waals surface area contributed by atoms with Crippen LogP contribution in [0.25, 0.3) is 16.9 Å². The molecule has 3 heterocycles. The fraction of sp³-hybridized carbons (Fsp3) is 0.217. The van der Waals surface area contributed by atoms with Crippen molar-refractivity contribution in [3.63, 3.8) is 0 Å². The Balaban J connectivity index is 1.40. The minimum atomic E-state index is -4.63. The molecule has 0 aliphatic heterocycles. The Morgan fingerprint density at radius 2 is 1.90 bits per heavy atom. The van der Waals surface area contributed by atoms with Gasteiger partial charge in [-0.3, -0.25) is 24.1 Å². The Morgan fingerprint density at radius 1 is 1.15 bits per heavy atom. The van der Waals surface area contributed by atoms with E-state index in [0.717, 1.165) is 6.20 Å². The second kappa shape index (κ2) is 12.1. The average molecular weight is 593 g/mol. The molecule has 216 valence electrons. The summed E-state index contributed by atoms with van der Waals surface area (Å²) in [7, 11) is 0. The van der Waals surface area contributed by atoms with E-state index in [1.54, 1.807) is 6.07 Å². The first kappa shape index (κ1) is 29.1. The van der Waals surface area contributed by atoms with Crippen LogP contribution < -0.4 is 33.2 Å². The molecule has 41 heavy (non-hydrogen) atoms. The molecular formula is C23H24ClF3N12O2. The molecule has 18 heteroatoms. The molecule has 0 saturated heterocycles. The number of amides is 2. The summed E-state index contributed by atoms with van der Waals surface area (Å²) in [6.45, 7) is 0.116. The highest BCUT2D eigenvalue weighted by atomic mass is 35.5. The number of carbonyl (C=O) groups is 2. The number of halogens is 4. The standard InChI is InChI=1S/C23H24ClF3N12O2/c24-14-7-11(1-2-12(14)20(40)32-3-4-33-21(41)15(28)9-35-22(29)30)37-18-19-34-10-16(39(19)6-5-31-18)13-8-36-38-17(13)23(25,26)27/h1-2,5-8,10,15H,3-4,9,28H2,(H,31,37)(H,32,40)(H,33,41)(H,36,38)(H4,29,30,35). The Kier molecular flexibility index (Phi) is 8.58. The van der Waals surface area contributed by atoms with Gasteiger partial charge in [0.15, 0.2) is 17.4 Å². The van der Waals surface area contributed by atoms with Gasteiger partial charge in [-0.25, -0.2) is 9.97 Å². The number of fused-ring (bicyclic) bond motifs is 1. The number of nitrogens with one attached hydrogen (secondary N) is 4. The quantitative estimate of drug-likeness (QED) is 0.0791. The van der Waals surface area contributed by atoms with Gasteiger partial charge in [0.2, 0.25) is 5.91 Å². The van der Waals surface area contributed by atoms with Crippen LogP contribution in [0.2, 0.25) is 5.02 Å². The van der Waals surface area contributed by atoms with Gasteiger partial charge in [0.1, 0.15) is 11.7 Å². The molecule has 4 rings (SSSR count). The van der Waals surface area contributed by atoms with Gasteiger partial charge >= 0.3 is 6.18 Å². The van der Waals surface area contributed by atoms with Crippen molar-refractivity contribution < 1.29 is 22.8 Å². The Labute approximate surface area is 234 Å². The molecule has 1 aromatic carbocycles. The molecule has 3 aromatic heterocycles. The third-order valence-corrected chi connectivity index (χ3v) is 5.93. The lowest BCUT2D eigenvalue weighted by atomic mass is 10.2. The number of hydrogen-bond acceptors (Lipinski definition) is 8. The summed E-state index contributed by atoms with van der Waals surface area (Å²) in [5.74, 6) is -0.926. The van der Waals surface area contributed by atoms with Crippen LogP contribution in [-0.4, -0.2) is 68.0 Å². The molecule has 0 spiro atoms. The van der Waals surface area contributed by atoms with Gasteiger partial charge in [0, 0.05) is 31.2 Å². The van der Waals surface area contributed by atoms with Crippen LogP contribution >= 0.6 is 11.6 Å². The van der Waals surface area contributed by atoms with Crippen molar-refractivity contribution >= 4 is 46.5 Å². The maximum Gasteiger partial charge on any atom is 0.433 e. The normalized spacial score (nSPS) is 12.1. The van der Waals surface area contributed by atoms with Crippen LogP contribution in [0.4, 0.5) is 24.7 Å². The SMILES string of the molecule is NC(N)=NCC(N)C(=O)NCCNC(=O)c1ccc(Nc2nccn3c(-c4cn[nH]c4C(F)(F)F)cnc23)cc1Cl. The second-order valence-corrected chi connectivity index (χ2v) is 8.92. The van der Waals surface area contributed by atoms with Crippen molar-refractivity contribution in [2.24, 2.45) is 22.2 Å². The molecule has 0 saturated carbocycles. The third kappa shape index (κ3) is 6.82. The van der Waals surface area contributed by atoms with Crippen LogP contribution in [0.15, 0.2) is 48.0 Å². The number of hydrogen-bond donors (Lipinski definition) is 7. The number of nitrogens with zero attached hydrogens (tertiary/aromatic N) is 5. The van der Waals surface area contributed by atoms with Crippen molar-refractivity contribution in [3.8, 4) is 11.3 Å². The number of carbonyl (C=O) groups excluding carboxylic acids is 2. The van der Waals surface area contributed by atoms with Crippen LogP contribution in [-0.2, 0) is 11.0 Å². The number of H-pyrrole nitrogens is 1. The summed E-state index contributed by atoms with van der Waals surface area (Å²) in [4.78, 5) is 36.6. The molecule has 0 fully saturated rings. The Bertz CT molecular complexity index is 1600. The lowest BCUT2D eigenvalue weighted by Gasteiger charge is -2.12. The number of alkyl halides is 3. The van der Waals surface area contributed by atoms with Crippen LogP contribution in [0, 0.1) is 0 Å². The van der Waals surface area contributed by atoms with E-state index in [1.807, 2.05) is 5.10 Å². The highest BCUT2D eigenvalue weighted by Crippen LogP contribution is 2.36. The molecule has 14 nitrogen and oxygen atoms in total. The molecule has 4 aromatic rings. The molecule has 1 unspecified atom stereocenters. The fourth-order valence-electron chi connectivity index (χ4n) is 3.69. The lowest BCUT2D eigenvalue weighted by Crippen LogP contribution is -2.45. The summed E-state index contributed by atoms with van der Waals surface area (Å²) in [5, 5.41) is 13.8. The summed E-state index contributed by atoms with van der Waals surface area (Å²) < 4.78 is 41.5. The largest absolute Gasteiger partial charge is 0.433 e. The topological polar surface area (TPSA) is 220 Å². The number of aromatic nitrogens is 5. The molecular weight excluding hydrogens is 569 g/mol. The van der Waals surface area contributed by atoms with Crippen molar-refractivity contribution in [2.45, 2.75) is 12.2 Å². The molecule has 0 radical (unpaired) electrons. The van der Waals surface area contributed by atoms with Gasteiger partial charge in [0.25, 0.3) is 5.91 Å². The first-order valence-electron chi connectivity index (χ1n) is 11.8. The van der Waals surface area contributed by atoms with Crippen molar-refractivity contribution in [3.05, 3.63) is 59.3 Å². The Morgan fingerprint density at radius 3 is 2.61 bits per heavy atom. The molecule has 0 bridgehead atoms. The molecule has 2 amide bonds. The second-order valence-electron chi connectivity index (χ2n) is 8.51. The zero-order valence-electron chi connectivity index (χ0n) is 21.0. The zero-order chi connectivity index (χ0) is 29.7. The van der Waals surface area contributed by atoms with Gasteiger partial charge in [-0.15, -0.1) is 0 Å². The number of aliphatic imine (C=N–C) groups is 1. The predicted octanol–water partition coefficient (Wildman–Crippen LogP) is 0.982. The van der Waals surface area contributed by atoms with E-state index in [9.17, 15) is 22.8 Å². The van der Waals surface area contributed by atoms with Crippen LogP contribution in [0.1, 0.15) is 16.1 Å². The highest BCUT2D eigenvalue weighted by molar-refractivity contribution is 6.34. The monoisotopic (exact) mass is 592 g/mol.